The molecule has 0 spiro atoms. The number of thioether (sulfide) groups is 2. The van der Waals surface area contributed by atoms with E-state index < -0.39 is 0 Å². The van der Waals surface area contributed by atoms with Gasteiger partial charge < -0.3 is 0 Å². The summed E-state index contributed by atoms with van der Waals surface area (Å²) < 4.78 is 2.22. The van der Waals surface area contributed by atoms with Gasteiger partial charge in [0.15, 0.2) is 5.43 Å². The molecule has 1 aromatic heterocycles. The van der Waals surface area contributed by atoms with Crippen LogP contribution in [-0.4, -0.2) is 17.3 Å². The molecule has 3 aromatic rings. The average molecular weight is 491 g/mol. The number of hydrogen-bond donors (Lipinski definition) is 1. The maximum Gasteiger partial charge on any atom is 0.195 e. The number of hydrogen-bond acceptors (Lipinski definition) is 5. The van der Waals surface area contributed by atoms with Crippen LogP contribution in [-0.2, 0) is 0 Å². The molecule has 31 heavy (non-hydrogen) atoms. The van der Waals surface area contributed by atoms with Gasteiger partial charge >= 0.3 is 0 Å². The Kier molecular flexibility index (Phi) is 11.1. The molecule has 0 fully saturated rings. The molecule has 1 heterocycles. The van der Waals surface area contributed by atoms with E-state index in [4.69, 9.17) is 0 Å². The van der Waals surface area contributed by atoms with Crippen molar-refractivity contribution >= 4 is 67.7 Å². The van der Waals surface area contributed by atoms with Crippen LogP contribution in [0.2, 0.25) is 0 Å². The lowest BCUT2D eigenvalue weighted by Gasteiger charge is -2.07. The van der Waals surface area contributed by atoms with E-state index >= 15 is 0 Å². The van der Waals surface area contributed by atoms with Crippen LogP contribution in [0.4, 0.5) is 0 Å². The lowest BCUT2D eigenvalue weighted by atomic mass is 10.2. The average Bonchev–Trinajstić information content (AvgIpc) is 2.78. The van der Waals surface area contributed by atoms with Crippen LogP contribution in [0.3, 0.4) is 0 Å². The summed E-state index contributed by atoms with van der Waals surface area (Å²) in [4.78, 5) is 15.6. The number of fused-ring (bicyclic) bond motifs is 2. The molecule has 0 bridgehead atoms. The zero-order valence-corrected chi connectivity index (χ0v) is 21.9. The van der Waals surface area contributed by atoms with Crippen LogP contribution in [0.1, 0.15) is 64.7 Å². The quantitative estimate of drug-likeness (QED) is 0.105. The van der Waals surface area contributed by atoms with E-state index in [2.05, 4.69) is 43.8 Å². The summed E-state index contributed by atoms with van der Waals surface area (Å²) in [5, 5.41) is 1.71. The maximum absolute atomic E-state index is 13.0. The topological polar surface area (TPSA) is 17.1 Å². The summed E-state index contributed by atoms with van der Waals surface area (Å²) in [6.07, 6.45) is 11.6. The van der Waals surface area contributed by atoms with Crippen LogP contribution < -0.4 is 5.43 Å². The van der Waals surface area contributed by atoms with Crippen molar-refractivity contribution in [3.8, 4) is 0 Å². The molecule has 0 radical (unpaired) electrons. The molecule has 0 atom stereocenters. The largest absolute Gasteiger partial charge is 0.289 e. The highest BCUT2D eigenvalue weighted by Gasteiger charge is 2.08. The van der Waals surface area contributed by atoms with Crippen molar-refractivity contribution in [2.75, 3.05) is 17.3 Å². The summed E-state index contributed by atoms with van der Waals surface area (Å²) >= 11 is 9.87. The Morgan fingerprint density at radius 2 is 1.26 bits per heavy atom. The van der Waals surface area contributed by atoms with E-state index in [9.17, 15) is 4.79 Å². The fraction of sp³-hybridized carbons (Fsp3) is 0.500. The predicted molar refractivity (Wildman–Crippen MR) is 148 cm³/mol. The molecule has 0 amide bonds. The van der Waals surface area contributed by atoms with Gasteiger partial charge in [-0.2, -0.15) is 12.6 Å². The Balaban J connectivity index is 1.66. The van der Waals surface area contributed by atoms with Crippen molar-refractivity contribution in [2.24, 2.45) is 0 Å². The Morgan fingerprint density at radius 3 is 1.77 bits per heavy atom. The first-order valence-corrected chi connectivity index (χ1v) is 15.0. The van der Waals surface area contributed by atoms with E-state index in [1.807, 2.05) is 35.7 Å². The highest BCUT2D eigenvalue weighted by Crippen LogP contribution is 2.32. The number of benzene rings is 2. The lowest BCUT2D eigenvalue weighted by molar-refractivity contribution is 0.659. The van der Waals surface area contributed by atoms with Gasteiger partial charge in [0.05, 0.1) is 0 Å². The SMILES string of the molecule is CCCCCCCSc1ccc2c(=O)c3ccc(SCCCCCCS)cc3sc2c1. The predicted octanol–water partition coefficient (Wildman–Crippen LogP) is 9.06. The van der Waals surface area contributed by atoms with Gasteiger partial charge in [0.1, 0.15) is 0 Å². The lowest BCUT2D eigenvalue weighted by Crippen LogP contribution is -2.00. The molecule has 0 saturated heterocycles. The second kappa shape index (κ2) is 13.8. The summed E-state index contributed by atoms with van der Waals surface area (Å²) in [5.74, 6) is 3.29. The van der Waals surface area contributed by atoms with E-state index in [0.29, 0.717) is 0 Å². The molecule has 2 aromatic carbocycles. The third-order valence-electron chi connectivity index (χ3n) is 5.45. The normalized spacial score (nSPS) is 11.5. The van der Waals surface area contributed by atoms with Crippen LogP contribution >= 0.6 is 47.5 Å². The van der Waals surface area contributed by atoms with Crippen LogP contribution in [0, 0.1) is 0 Å². The molecule has 0 aliphatic heterocycles. The Labute approximate surface area is 205 Å². The highest BCUT2D eigenvalue weighted by atomic mass is 32.2. The molecular weight excluding hydrogens is 457 g/mol. The molecule has 0 aliphatic rings. The number of thiol groups is 1. The zero-order chi connectivity index (χ0) is 21.9. The molecule has 0 unspecified atom stereocenters. The summed E-state index contributed by atoms with van der Waals surface area (Å²) in [5.41, 5.74) is 0.170. The third kappa shape index (κ3) is 7.73. The molecule has 0 aliphatic carbocycles. The Hall–Kier alpha value is -0.620. The molecular formula is C26H34OS4. The first-order chi connectivity index (χ1) is 15.2. The number of unbranched alkanes of at least 4 members (excludes halogenated alkanes) is 7. The van der Waals surface area contributed by atoms with Gasteiger partial charge in [0.25, 0.3) is 0 Å². The summed E-state index contributed by atoms with van der Waals surface area (Å²) in [6.45, 7) is 2.26. The Morgan fingerprint density at radius 1 is 0.742 bits per heavy atom. The van der Waals surface area contributed by atoms with Gasteiger partial charge in [0.2, 0.25) is 0 Å². The smallest absolute Gasteiger partial charge is 0.195 e. The summed E-state index contributed by atoms with van der Waals surface area (Å²) in [7, 11) is 0. The van der Waals surface area contributed by atoms with Crippen molar-refractivity contribution in [1.29, 1.82) is 0 Å². The van der Waals surface area contributed by atoms with Crippen molar-refractivity contribution in [2.45, 2.75) is 74.5 Å². The van der Waals surface area contributed by atoms with Crippen LogP contribution in [0.5, 0.6) is 0 Å². The van der Waals surface area contributed by atoms with Gasteiger partial charge in [-0.25, -0.2) is 0 Å². The van der Waals surface area contributed by atoms with Gasteiger partial charge in [-0.1, -0.05) is 45.4 Å². The standard InChI is InChI=1S/C26H34OS4/c1-2-3-4-6-9-16-29-20-11-13-22-24(18-20)31-25-19-21(12-14-23(25)26(22)27)30-17-10-7-5-8-15-28/h11-14,18-19,28H,2-10,15-17H2,1H3. The molecule has 0 N–H and O–H groups in total. The minimum atomic E-state index is 0.170. The zero-order valence-electron chi connectivity index (χ0n) is 18.5. The van der Waals surface area contributed by atoms with Gasteiger partial charge in [-0.05, 0) is 72.9 Å². The van der Waals surface area contributed by atoms with Crippen molar-refractivity contribution < 1.29 is 0 Å². The molecule has 0 saturated carbocycles. The van der Waals surface area contributed by atoms with Gasteiger partial charge in [0, 0.05) is 30.0 Å². The minimum Gasteiger partial charge on any atom is -0.289 e. The van der Waals surface area contributed by atoms with E-state index in [-0.39, 0.29) is 5.43 Å². The molecule has 168 valence electrons. The van der Waals surface area contributed by atoms with Crippen molar-refractivity contribution in [3.63, 3.8) is 0 Å². The first kappa shape index (κ1) is 25.0. The number of rotatable bonds is 14. The minimum absolute atomic E-state index is 0.170. The molecule has 1 nitrogen and oxygen atoms in total. The second-order valence-electron chi connectivity index (χ2n) is 8.00. The van der Waals surface area contributed by atoms with Crippen molar-refractivity contribution in [1.82, 2.24) is 0 Å². The van der Waals surface area contributed by atoms with Crippen LogP contribution in [0.15, 0.2) is 51.0 Å². The fourth-order valence-corrected chi connectivity index (χ4v) is 7.07. The molecule has 5 heteroatoms. The fourth-order valence-electron chi connectivity index (χ4n) is 3.65. The first-order valence-electron chi connectivity index (χ1n) is 11.6. The van der Waals surface area contributed by atoms with Crippen molar-refractivity contribution in [3.05, 3.63) is 46.6 Å². The van der Waals surface area contributed by atoms with Crippen LogP contribution in [0.25, 0.3) is 20.2 Å². The highest BCUT2D eigenvalue weighted by molar-refractivity contribution is 7.99. The Bertz CT molecular complexity index is 934. The van der Waals surface area contributed by atoms with Gasteiger partial charge in [-0.15, -0.1) is 34.9 Å². The monoisotopic (exact) mass is 490 g/mol. The second-order valence-corrected chi connectivity index (χ2v) is 11.9. The van der Waals surface area contributed by atoms with Gasteiger partial charge in [-0.3, -0.25) is 4.79 Å². The maximum atomic E-state index is 13.0. The van der Waals surface area contributed by atoms with E-state index in [1.54, 1.807) is 11.3 Å². The summed E-state index contributed by atoms with van der Waals surface area (Å²) in [6, 6.07) is 12.7. The third-order valence-corrected chi connectivity index (χ3v) is 9.04. The van der Waals surface area contributed by atoms with E-state index in [0.717, 1.165) is 37.4 Å². The molecule has 3 rings (SSSR count). The van der Waals surface area contributed by atoms with E-state index in [1.165, 1.54) is 67.6 Å².